The van der Waals surface area contributed by atoms with Crippen LogP contribution in [0.25, 0.3) is 0 Å². The van der Waals surface area contributed by atoms with Crippen molar-refractivity contribution in [3.63, 3.8) is 0 Å². The van der Waals surface area contributed by atoms with Crippen LogP contribution in [0.5, 0.6) is 0 Å². The van der Waals surface area contributed by atoms with Crippen LogP contribution in [0.1, 0.15) is 58.8 Å². The van der Waals surface area contributed by atoms with E-state index in [-0.39, 0.29) is 0 Å². The summed E-state index contributed by atoms with van der Waals surface area (Å²) in [5.41, 5.74) is 0.556. The number of allylic oxidation sites excluding steroid dienone is 1. The molecular formula is C12H22O2. The molecule has 0 unspecified atom stereocenters. The largest absolute Gasteiger partial charge is 0.478 e. The second kappa shape index (κ2) is 8.79. The number of hydrogen-bond donors (Lipinski definition) is 1. The van der Waals surface area contributed by atoms with Gasteiger partial charge in [0.1, 0.15) is 0 Å². The van der Waals surface area contributed by atoms with E-state index in [1.165, 1.54) is 25.7 Å². The Bertz CT molecular complexity index is 183. The van der Waals surface area contributed by atoms with Crippen LogP contribution in [0.4, 0.5) is 0 Å². The topological polar surface area (TPSA) is 37.3 Å². The van der Waals surface area contributed by atoms with Gasteiger partial charge in [-0.3, -0.25) is 0 Å². The molecular weight excluding hydrogens is 176 g/mol. The van der Waals surface area contributed by atoms with Crippen molar-refractivity contribution in [2.45, 2.75) is 58.8 Å². The van der Waals surface area contributed by atoms with Crippen molar-refractivity contribution < 1.29 is 9.90 Å². The highest BCUT2D eigenvalue weighted by Crippen LogP contribution is 2.11. The average Bonchev–Trinajstić information content (AvgIpc) is 2.16. The number of carboxylic acid groups (broad SMARTS) is 1. The van der Waals surface area contributed by atoms with E-state index < -0.39 is 5.97 Å². The predicted molar refractivity (Wildman–Crippen MR) is 59.4 cm³/mol. The highest BCUT2D eigenvalue weighted by atomic mass is 16.4. The van der Waals surface area contributed by atoms with Crippen molar-refractivity contribution in [1.82, 2.24) is 0 Å². The molecule has 0 fully saturated rings. The molecule has 0 heterocycles. The van der Waals surface area contributed by atoms with Crippen molar-refractivity contribution in [3.05, 3.63) is 11.6 Å². The Morgan fingerprint density at radius 3 is 2.21 bits per heavy atom. The number of rotatable bonds is 8. The van der Waals surface area contributed by atoms with Gasteiger partial charge in [0.25, 0.3) is 0 Å². The molecule has 0 aromatic rings. The Morgan fingerprint density at radius 1 is 1.14 bits per heavy atom. The van der Waals surface area contributed by atoms with Crippen LogP contribution in [0.3, 0.4) is 0 Å². The zero-order valence-electron chi connectivity index (χ0n) is 9.38. The van der Waals surface area contributed by atoms with Gasteiger partial charge >= 0.3 is 5.97 Å². The van der Waals surface area contributed by atoms with Crippen molar-refractivity contribution in [3.8, 4) is 0 Å². The number of aliphatic carboxylic acids is 1. The zero-order chi connectivity index (χ0) is 10.8. The molecule has 14 heavy (non-hydrogen) atoms. The summed E-state index contributed by atoms with van der Waals surface area (Å²) in [6.45, 7) is 3.99. The van der Waals surface area contributed by atoms with E-state index in [1.807, 2.05) is 0 Å². The smallest absolute Gasteiger partial charge is 0.331 e. The van der Waals surface area contributed by atoms with E-state index in [0.29, 0.717) is 5.57 Å². The lowest BCUT2D eigenvalue weighted by Gasteiger charge is -2.01. The van der Waals surface area contributed by atoms with E-state index in [0.717, 1.165) is 19.3 Å². The predicted octanol–water partition coefficient (Wildman–Crippen LogP) is 3.77. The van der Waals surface area contributed by atoms with E-state index in [9.17, 15) is 4.79 Å². The molecule has 0 aliphatic rings. The molecule has 0 aliphatic heterocycles. The molecule has 0 aromatic heterocycles. The minimum Gasteiger partial charge on any atom is -0.478 e. The average molecular weight is 198 g/mol. The Hall–Kier alpha value is -0.790. The van der Waals surface area contributed by atoms with Gasteiger partial charge in [-0.25, -0.2) is 4.79 Å². The summed E-state index contributed by atoms with van der Waals surface area (Å²) in [6.07, 6.45) is 9.68. The molecule has 82 valence electrons. The van der Waals surface area contributed by atoms with Crippen LogP contribution < -0.4 is 0 Å². The van der Waals surface area contributed by atoms with Gasteiger partial charge in [-0.15, -0.1) is 0 Å². The van der Waals surface area contributed by atoms with Crippen LogP contribution in [0.2, 0.25) is 0 Å². The van der Waals surface area contributed by atoms with E-state index in [2.05, 4.69) is 6.92 Å². The SMILES string of the molecule is C/C=C(/CCCCCCCC)C(=O)O. The summed E-state index contributed by atoms with van der Waals surface area (Å²) in [5.74, 6) is -0.763. The van der Waals surface area contributed by atoms with Crippen molar-refractivity contribution in [2.75, 3.05) is 0 Å². The maximum Gasteiger partial charge on any atom is 0.331 e. The van der Waals surface area contributed by atoms with Crippen LogP contribution in [-0.2, 0) is 4.79 Å². The summed E-state index contributed by atoms with van der Waals surface area (Å²) >= 11 is 0. The van der Waals surface area contributed by atoms with Crippen molar-refractivity contribution in [1.29, 1.82) is 0 Å². The Morgan fingerprint density at radius 2 is 1.71 bits per heavy atom. The van der Waals surface area contributed by atoms with Gasteiger partial charge in [0.15, 0.2) is 0 Å². The van der Waals surface area contributed by atoms with Crippen LogP contribution >= 0.6 is 0 Å². The first kappa shape index (κ1) is 13.2. The summed E-state index contributed by atoms with van der Waals surface area (Å²) in [6, 6.07) is 0. The van der Waals surface area contributed by atoms with Crippen molar-refractivity contribution in [2.24, 2.45) is 0 Å². The Balaban J connectivity index is 3.39. The van der Waals surface area contributed by atoms with Crippen LogP contribution in [-0.4, -0.2) is 11.1 Å². The maximum absolute atomic E-state index is 10.6. The van der Waals surface area contributed by atoms with Crippen molar-refractivity contribution >= 4 is 5.97 Å². The quantitative estimate of drug-likeness (QED) is 0.476. The molecule has 2 nitrogen and oxygen atoms in total. The molecule has 0 aromatic carbocycles. The first-order valence-electron chi connectivity index (χ1n) is 5.60. The number of carboxylic acids is 1. The molecule has 0 radical (unpaired) electrons. The lowest BCUT2D eigenvalue weighted by molar-refractivity contribution is -0.132. The summed E-state index contributed by atoms with van der Waals surface area (Å²) in [5, 5.41) is 8.75. The van der Waals surface area contributed by atoms with Gasteiger partial charge in [0.05, 0.1) is 0 Å². The number of carbonyl (C=O) groups is 1. The third-order valence-corrected chi connectivity index (χ3v) is 2.42. The molecule has 0 saturated heterocycles. The fourth-order valence-electron chi connectivity index (χ4n) is 1.47. The molecule has 0 spiro atoms. The summed E-state index contributed by atoms with van der Waals surface area (Å²) in [4.78, 5) is 10.6. The van der Waals surface area contributed by atoms with Crippen LogP contribution in [0, 0.1) is 0 Å². The zero-order valence-corrected chi connectivity index (χ0v) is 9.38. The van der Waals surface area contributed by atoms with Gasteiger partial charge in [-0.05, 0) is 19.8 Å². The second-order valence-corrected chi connectivity index (χ2v) is 3.64. The minimum absolute atomic E-state index is 0.556. The fraction of sp³-hybridized carbons (Fsp3) is 0.750. The van der Waals surface area contributed by atoms with E-state index in [1.54, 1.807) is 13.0 Å². The fourth-order valence-corrected chi connectivity index (χ4v) is 1.47. The molecule has 0 saturated carbocycles. The summed E-state index contributed by atoms with van der Waals surface area (Å²) < 4.78 is 0. The second-order valence-electron chi connectivity index (χ2n) is 3.64. The molecule has 0 amide bonds. The third-order valence-electron chi connectivity index (χ3n) is 2.42. The normalized spacial score (nSPS) is 11.7. The summed E-state index contributed by atoms with van der Waals surface area (Å²) in [7, 11) is 0. The molecule has 2 heteroatoms. The lowest BCUT2D eigenvalue weighted by Crippen LogP contribution is -1.99. The first-order valence-corrected chi connectivity index (χ1v) is 5.60. The number of hydrogen-bond acceptors (Lipinski definition) is 1. The van der Waals surface area contributed by atoms with Gasteiger partial charge in [0, 0.05) is 5.57 Å². The van der Waals surface area contributed by atoms with E-state index in [4.69, 9.17) is 5.11 Å². The van der Waals surface area contributed by atoms with E-state index >= 15 is 0 Å². The van der Waals surface area contributed by atoms with Gasteiger partial charge in [0.2, 0.25) is 0 Å². The highest BCUT2D eigenvalue weighted by Gasteiger charge is 2.04. The monoisotopic (exact) mass is 198 g/mol. The molecule has 0 rings (SSSR count). The Kier molecular flexibility index (Phi) is 8.30. The maximum atomic E-state index is 10.6. The Labute approximate surface area is 87.0 Å². The van der Waals surface area contributed by atoms with Gasteiger partial charge < -0.3 is 5.11 Å². The minimum atomic E-state index is -0.763. The first-order chi connectivity index (χ1) is 6.72. The standard InChI is InChI=1S/C12H22O2/c1-3-5-6-7-8-9-10-11(4-2)12(13)14/h4H,3,5-10H2,1-2H3,(H,13,14)/b11-4-. The third kappa shape index (κ3) is 6.70. The van der Waals surface area contributed by atoms with Gasteiger partial charge in [-0.1, -0.05) is 45.1 Å². The van der Waals surface area contributed by atoms with Crippen LogP contribution in [0.15, 0.2) is 11.6 Å². The number of unbranched alkanes of at least 4 members (excludes halogenated alkanes) is 5. The molecule has 1 N–H and O–H groups in total. The molecule has 0 aliphatic carbocycles. The molecule has 0 bridgehead atoms. The van der Waals surface area contributed by atoms with Gasteiger partial charge in [-0.2, -0.15) is 0 Å². The molecule has 0 atom stereocenters. The highest BCUT2D eigenvalue weighted by molar-refractivity contribution is 5.86. The lowest BCUT2D eigenvalue weighted by atomic mass is 10.1.